The average Bonchev–Trinajstić information content (AvgIpc) is 2.07. The Balaban J connectivity index is 2.77. The first-order valence-corrected chi connectivity index (χ1v) is 2.93. The summed E-state index contributed by atoms with van der Waals surface area (Å²) in [5.74, 6) is -0.736. The lowest BCUT2D eigenvalue weighted by atomic mass is 10.2. The van der Waals surface area contributed by atoms with Gasteiger partial charge in [0, 0.05) is 0 Å². The van der Waals surface area contributed by atoms with Crippen LogP contribution in [0, 0.1) is 4.91 Å². The van der Waals surface area contributed by atoms with Crippen LogP contribution in [0.3, 0.4) is 0 Å². The van der Waals surface area contributed by atoms with Crippen molar-refractivity contribution in [3.63, 3.8) is 0 Å². The van der Waals surface area contributed by atoms with Crippen molar-refractivity contribution in [2.75, 3.05) is 0 Å². The van der Waals surface area contributed by atoms with Gasteiger partial charge in [-0.1, -0.05) is 18.2 Å². The maximum atomic E-state index is 10.7. The monoisotopic (exact) mass is 151 g/mol. The van der Waals surface area contributed by atoms with Crippen molar-refractivity contribution in [3.05, 3.63) is 40.8 Å². The zero-order valence-electron chi connectivity index (χ0n) is 5.56. The third-order valence-corrected chi connectivity index (χ3v) is 1.13. The highest BCUT2D eigenvalue weighted by atomic mass is 16.7. The molecule has 0 saturated carbocycles. The summed E-state index contributed by atoms with van der Waals surface area (Å²) in [6.45, 7) is 0. The van der Waals surface area contributed by atoms with E-state index in [-0.39, 0.29) is 0 Å². The van der Waals surface area contributed by atoms with Crippen molar-refractivity contribution in [2.24, 2.45) is 5.34 Å². The molecule has 0 bridgehead atoms. The molecular formula is C7H5NO3. The first-order chi connectivity index (χ1) is 5.34. The minimum atomic E-state index is -0.736. The van der Waals surface area contributed by atoms with E-state index in [1.807, 2.05) is 5.34 Å². The predicted octanol–water partition coefficient (Wildman–Crippen LogP) is 1.52. The molecule has 0 aliphatic carbocycles. The zero-order valence-corrected chi connectivity index (χ0v) is 5.56. The minimum Gasteiger partial charge on any atom is -0.279 e. The highest BCUT2D eigenvalue weighted by Gasteiger charge is 2.04. The van der Waals surface area contributed by atoms with Gasteiger partial charge in [0.1, 0.15) is 0 Å². The molecule has 0 unspecified atom stereocenters. The summed E-state index contributed by atoms with van der Waals surface area (Å²) < 4.78 is 0. The average molecular weight is 151 g/mol. The van der Waals surface area contributed by atoms with Gasteiger partial charge in [0.25, 0.3) is 0 Å². The second-order valence-electron chi connectivity index (χ2n) is 1.82. The van der Waals surface area contributed by atoms with Gasteiger partial charge in [-0.2, -0.15) is 0 Å². The fourth-order valence-electron chi connectivity index (χ4n) is 0.661. The highest BCUT2D eigenvalue weighted by molar-refractivity contribution is 5.89. The number of nitrogens with zero attached hydrogens (tertiary/aromatic N) is 1. The zero-order chi connectivity index (χ0) is 8.10. The van der Waals surface area contributed by atoms with E-state index in [4.69, 9.17) is 0 Å². The standard InChI is InChI=1S/C7H5NO3/c9-7(11-8-10)6-4-2-1-3-5-6/h1-5H. The summed E-state index contributed by atoms with van der Waals surface area (Å²) in [5.41, 5.74) is 0.312. The smallest absolute Gasteiger partial charge is 0.279 e. The summed E-state index contributed by atoms with van der Waals surface area (Å²) in [6, 6.07) is 8.16. The topological polar surface area (TPSA) is 55.7 Å². The van der Waals surface area contributed by atoms with Crippen LogP contribution in [0.15, 0.2) is 35.7 Å². The van der Waals surface area contributed by atoms with Crippen molar-refractivity contribution in [1.29, 1.82) is 0 Å². The number of hydrogen-bond donors (Lipinski definition) is 0. The van der Waals surface area contributed by atoms with Gasteiger partial charge in [0.2, 0.25) is 0 Å². The molecule has 0 aliphatic heterocycles. The molecule has 0 aromatic heterocycles. The lowest BCUT2D eigenvalue weighted by Crippen LogP contribution is -1.98. The van der Waals surface area contributed by atoms with Gasteiger partial charge in [-0.25, -0.2) is 4.79 Å². The van der Waals surface area contributed by atoms with Gasteiger partial charge in [0.15, 0.2) is 5.34 Å². The van der Waals surface area contributed by atoms with Crippen LogP contribution in [0.2, 0.25) is 0 Å². The van der Waals surface area contributed by atoms with E-state index in [0.29, 0.717) is 5.56 Å². The van der Waals surface area contributed by atoms with E-state index in [1.165, 1.54) is 12.1 Å². The molecule has 0 fully saturated rings. The van der Waals surface area contributed by atoms with Crippen molar-refractivity contribution in [1.82, 2.24) is 0 Å². The number of carbonyl (C=O) groups is 1. The van der Waals surface area contributed by atoms with Crippen LogP contribution < -0.4 is 0 Å². The Morgan fingerprint density at radius 1 is 1.27 bits per heavy atom. The van der Waals surface area contributed by atoms with Crippen LogP contribution in [0.1, 0.15) is 10.4 Å². The summed E-state index contributed by atoms with van der Waals surface area (Å²) >= 11 is 0. The second kappa shape index (κ2) is 3.46. The fourth-order valence-corrected chi connectivity index (χ4v) is 0.661. The molecular weight excluding hydrogens is 146 g/mol. The van der Waals surface area contributed by atoms with Crippen LogP contribution in [0.5, 0.6) is 0 Å². The predicted molar refractivity (Wildman–Crippen MR) is 37.7 cm³/mol. The quantitative estimate of drug-likeness (QED) is 0.475. The molecule has 4 nitrogen and oxygen atoms in total. The van der Waals surface area contributed by atoms with E-state index in [9.17, 15) is 9.70 Å². The van der Waals surface area contributed by atoms with Crippen LogP contribution in [0.4, 0.5) is 0 Å². The first kappa shape index (κ1) is 7.40. The minimum absolute atomic E-state index is 0.312. The molecule has 1 aromatic rings. The van der Waals surface area contributed by atoms with Crippen molar-refractivity contribution in [3.8, 4) is 0 Å². The Hall–Kier alpha value is -1.71. The molecule has 0 amide bonds. The molecule has 0 radical (unpaired) electrons. The summed E-state index contributed by atoms with van der Waals surface area (Å²) in [4.78, 5) is 24.1. The van der Waals surface area contributed by atoms with Gasteiger partial charge in [0.05, 0.1) is 5.56 Å². The second-order valence-corrected chi connectivity index (χ2v) is 1.82. The molecule has 4 heteroatoms. The van der Waals surface area contributed by atoms with Crippen molar-refractivity contribution >= 4 is 5.97 Å². The maximum Gasteiger partial charge on any atom is 0.369 e. The van der Waals surface area contributed by atoms with E-state index in [0.717, 1.165) is 0 Å². The molecule has 1 rings (SSSR count). The van der Waals surface area contributed by atoms with Gasteiger partial charge in [-0.05, 0) is 12.1 Å². The molecule has 0 aliphatic rings. The van der Waals surface area contributed by atoms with E-state index in [1.54, 1.807) is 18.2 Å². The Bertz CT molecular complexity index is 258. The molecule has 0 saturated heterocycles. The SMILES string of the molecule is O=NOC(=O)c1ccccc1. The molecule has 0 atom stereocenters. The summed E-state index contributed by atoms with van der Waals surface area (Å²) in [5, 5.41) is 2.01. The highest BCUT2D eigenvalue weighted by Crippen LogP contribution is 2.00. The third kappa shape index (κ3) is 1.86. The lowest BCUT2D eigenvalue weighted by molar-refractivity contribution is 0.0508. The largest absolute Gasteiger partial charge is 0.369 e. The van der Waals surface area contributed by atoms with Crippen LogP contribution in [0.25, 0.3) is 0 Å². The van der Waals surface area contributed by atoms with Crippen LogP contribution in [-0.2, 0) is 4.84 Å². The fraction of sp³-hybridized carbons (Fsp3) is 0. The van der Waals surface area contributed by atoms with Gasteiger partial charge in [-0.3, -0.25) is 4.84 Å². The first-order valence-electron chi connectivity index (χ1n) is 2.93. The Labute approximate surface area is 62.7 Å². The van der Waals surface area contributed by atoms with E-state index >= 15 is 0 Å². The van der Waals surface area contributed by atoms with E-state index < -0.39 is 5.97 Å². The summed E-state index contributed by atoms with van der Waals surface area (Å²) in [6.07, 6.45) is 0. The van der Waals surface area contributed by atoms with Crippen LogP contribution in [-0.4, -0.2) is 5.97 Å². The third-order valence-electron chi connectivity index (χ3n) is 1.13. The molecule has 56 valence electrons. The van der Waals surface area contributed by atoms with Crippen molar-refractivity contribution in [2.45, 2.75) is 0 Å². The number of benzene rings is 1. The number of rotatable bonds is 2. The Morgan fingerprint density at radius 2 is 1.91 bits per heavy atom. The molecule has 1 aromatic carbocycles. The number of carbonyl (C=O) groups excluding carboxylic acids is 1. The lowest BCUT2D eigenvalue weighted by Gasteiger charge is -1.92. The number of hydrogen-bond acceptors (Lipinski definition) is 4. The molecule has 11 heavy (non-hydrogen) atoms. The molecule has 0 spiro atoms. The van der Waals surface area contributed by atoms with E-state index in [2.05, 4.69) is 4.84 Å². The maximum absolute atomic E-state index is 10.7. The van der Waals surface area contributed by atoms with Crippen molar-refractivity contribution < 1.29 is 9.63 Å². The van der Waals surface area contributed by atoms with Crippen LogP contribution >= 0.6 is 0 Å². The Morgan fingerprint density at radius 3 is 2.45 bits per heavy atom. The van der Waals surface area contributed by atoms with Gasteiger partial charge < -0.3 is 0 Å². The Kier molecular flexibility index (Phi) is 2.32. The summed E-state index contributed by atoms with van der Waals surface area (Å²) in [7, 11) is 0. The van der Waals surface area contributed by atoms with Gasteiger partial charge in [-0.15, -0.1) is 4.91 Å². The molecule has 0 heterocycles. The van der Waals surface area contributed by atoms with Gasteiger partial charge >= 0.3 is 5.97 Å². The normalized spacial score (nSPS) is 8.73. The molecule has 0 N–H and O–H groups in total.